The second kappa shape index (κ2) is 9.31. The molecule has 7 nitrogen and oxygen atoms in total. The minimum absolute atomic E-state index is 0.132. The molecular formula is C31H24BrNO6. The number of carbonyl (C=O) groups excluding carboxylic acids is 4. The normalized spacial score (nSPS) is 26.1. The van der Waals surface area contributed by atoms with Crippen LogP contribution in [0.5, 0.6) is 11.5 Å². The third-order valence-electron chi connectivity index (χ3n) is 8.28. The first-order valence-corrected chi connectivity index (χ1v) is 13.4. The number of phenols is 1. The van der Waals surface area contributed by atoms with E-state index in [2.05, 4.69) is 22.5 Å². The van der Waals surface area contributed by atoms with Gasteiger partial charge in [0.1, 0.15) is 0 Å². The Bertz CT molecular complexity index is 1580. The highest BCUT2D eigenvalue weighted by atomic mass is 79.9. The van der Waals surface area contributed by atoms with Crippen molar-refractivity contribution in [3.8, 4) is 11.5 Å². The summed E-state index contributed by atoms with van der Waals surface area (Å²) >= 11 is 3.22. The maximum atomic E-state index is 13.9. The molecule has 4 aliphatic rings. The monoisotopic (exact) mass is 585 g/mol. The van der Waals surface area contributed by atoms with E-state index >= 15 is 0 Å². The standard InChI is InChI=1S/C31H24BrNO6/c1-3-15-7-9-16(10-8-15)33-30(37)19-12-11-17-20(26(19)31(33)38)13-21-27(23(34)14-22(32)28(21)35)25(17)18-5-4-6-24(39-2)29(18)36/h3-11,14,19-20,25-26,36H,1,12-13H2,2H3. The number of amides is 2. The molecule has 6 rings (SSSR count). The fourth-order valence-electron chi connectivity index (χ4n) is 6.51. The number of rotatable bonds is 4. The van der Waals surface area contributed by atoms with E-state index in [1.165, 1.54) is 18.1 Å². The molecule has 39 heavy (non-hydrogen) atoms. The number of para-hydroxylation sites is 1. The van der Waals surface area contributed by atoms with E-state index in [0.717, 1.165) is 11.1 Å². The van der Waals surface area contributed by atoms with Gasteiger partial charge in [0, 0.05) is 28.7 Å². The highest BCUT2D eigenvalue weighted by Gasteiger charge is 2.57. The van der Waals surface area contributed by atoms with Crippen molar-refractivity contribution in [3.05, 3.63) is 93.5 Å². The van der Waals surface area contributed by atoms with E-state index in [4.69, 9.17) is 4.74 Å². The molecular weight excluding hydrogens is 562 g/mol. The van der Waals surface area contributed by atoms with Gasteiger partial charge in [0.25, 0.3) is 0 Å². The van der Waals surface area contributed by atoms with Crippen molar-refractivity contribution < 1.29 is 29.0 Å². The van der Waals surface area contributed by atoms with Crippen LogP contribution >= 0.6 is 15.9 Å². The number of methoxy groups -OCH3 is 1. The molecule has 1 N–H and O–H groups in total. The first kappa shape index (κ1) is 25.2. The van der Waals surface area contributed by atoms with Crippen molar-refractivity contribution in [2.24, 2.45) is 17.8 Å². The number of anilines is 1. The Morgan fingerprint density at radius 3 is 2.49 bits per heavy atom. The van der Waals surface area contributed by atoms with Crippen LogP contribution in [0.3, 0.4) is 0 Å². The fourth-order valence-corrected chi connectivity index (χ4v) is 6.96. The Kier molecular flexibility index (Phi) is 6.03. The third-order valence-corrected chi connectivity index (χ3v) is 8.87. The van der Waals surface area contributed by atoms with Crippen molar-refractivity contribution in [2.45, 2.75) is 18.8 Å². The second-order valence-corrected chi connectivity index (χ2v) is 11.0. The minimum Gasteiger partial charge on any atom is -0.504 e. The Morgan fingerprint density at radius 2 is 1.79 bits per heavy atom. The number of ether oxygens (including phenoxy) is 1. The van der Waals surface area contributed by atoms with Gasteiger partial charge in [-0.15, -0.1) is 0 Å². The first-order chi connectivity index (χ1) is 18.8. The molecule has 4 unspecified atom stereocenters. The van der Waals surface area contributed by atoms with Crippen molar-refractivity contribution in [2.75, 3.05) is 12.0 Å². The summed E-state index contributed by atoms with van der Waals surface area (Å²) in [5.41, 5.74) is 3.12. The van der Waals surface area contributed by atoms with Crippen LogP contribution in [0.1, 0.15) is 29.9 Å². The van der Waals surface area contributed by atoms with Crippen molar-refractivity contribution >= 4 is 51.1 Å². The Morgan fingerprint density at radius 1 is 1.05 bits per heavy atom. The lowest BCUT2D eigenvalue weighted by Crippen LogP contribution is -2.39. The summed E-state index contributed by atoms with van der Waals surface area (Å²) in [4.78, 5) is 55.4. The van der Waals surface area contributed by atoms with E-state index in [1.807, 2.05) is 6.08 Å². The van der Waals surface area contributed by atoms with Gasteiger partial charge in [0.2, 0.25) is 11.8 Å². The molecule has 1 saturated heterocycles. The number of halogens is 1. The molecule has 1 heterocycles. The Hall–Kier alpha value is -4.04. The van der Waals surface area contributed by atoms with Crippen LogP contribution in [0.25, 0.3) is 6.08 Å². The van der Waals surface area contributed by atoms with Gasteiger partial charge in [-0.05, 0) is 58.5 Å². The van der Waals surface area contributed by atoms with Gasteiger partial charge in [0.05, 0.1) is 29.1 Å². The number of fused-ring (bicyclic) bond motifs is 3. The van der Waals surface area contributed by atoms with Crippen LogP contribution in [0.15, 0.2) is 82.4 Å². The van der Waals surface area contributed by atoms with Crippen LogP contribution in [0.4, 0.5) is 5.69 Å². The number of allylic oxidation sites excluding steroid dienone is 6. The number of benzene rings is 2. The Balaban J connectivity index is 1.49. The van der Waals surface area contributed by atoms with Gasteiger partial charge in [-0.1, -0.05) is 48.6 Å². The molecule has 0 aromatic heterocycles. The topological polar surface area (TPSA) is 101 Å². The van der Waals surface area contributed by atoms with Crippen molar-refractivity contribution in [1.29, 1.82) is 0 Å². The lowest BCUT2D eigenvalue weighted by atomic mass is 9.59. The largest absolute Gasteiger partial charge is 0.504 e. The van der Waals surface area contributed by atoms with Crippen LogP contribution in [0.2, 0.25) is 0 Å². The second-order valence-electron chi connectivity index (χ2n) is 10.1. The van der Waals surface area contributed by atoms with Gasteiger partial charge in [-0.25, -0.2) is 0 Å². The van der Waals surface area contributed by atoms with E-state index in [1.54, 1.807) is 48.5 Å². The molecule has 2 amide bonds. The molecule has 196 valence electrons. The van der Waals surface area contributed by atoms with Crippen LogP contribution < -0.4 is 9.64 Å². The smallest absolute Gasteiger partial charge is 0.238 e. The van der Waals surface area contributed by atoms with E-state index in [-0.39, 0.29) is 45.8 Å². The summed E-state index contributed by atoms with van der Waals surface area (Å²) in [5.74, 6) is -3.70. The number of Topliss-reactive ketones (excluding diaryl/α,β-unsaturated/α-hetero) is 1. The van der Waals surface area contributed by atoms with Gasteiger partial charge >= 0.3 is 0 Å². The maximum absolute atomic E-state index is 13.9. The number of hydrogen-bond acceptors (Lipinski definition) is 6. The van der Waals surface area contributed by atoms with Gasteiger partial charge in [-0.3, -0.25) is 24.1 Å². The highest BCUT2D eigenvalue weighted by molar-refractivity contribution is 9.12. The van der Waals surface area contributed by atoms with Gasteiger partial charge in [0.15, 0.2) is 23.1 Å². The predicted molar refractivity (Wildman–Crippen MR) is 148 cm³/mol. The molecule has 1 fully saturated rings. The Labute approximate surface area is 233 Å². The first-order valence-electron chi connectivity index (χ1n) is 12.6. The molecule has 0 saturated carbocycles. The predicted octanol–water partition coefficient (Wildman–Crippen LogP) is 5.01. The molecule has 0 radical (unpaired) electrons. The molecule has 0 spiro atoms. The van der Waals surface area contributed by atoms with Gasteiger partial charge < -0.3 is 9.84 Å². The molecule has 3 aliphatic carbocycles. The summed E-state index contributed by atoms with van der Waals surface area (Å²) in [7, 11) is 1.44. The van der Waals surface area contributed by atoms with E-state index in [0.29, 0.717) is 28.8 Å². The average molecular weight is 586 g/mol. The highest BCUT2D eigenvalue weighted by Crippen LogP contribution is 2.57. The van der Waals surface area contributed by atoms with Gasteiger partial charge in [-0.2, -0.15) is 0 Å². The molecule has 0 bridgehead atoms. The van der Waals surface area contributed by atoms with Crippen LogP contribution in [0, 0.1) is 17.8 Å². The average Bonchev–Trinajstić information content (AvgIpc) is 3.20. The number of phenolic OH excluding ortho intramolecular Hbond substituents is 1. The van der Waals surface area contributed by atoms with Crippen LogP contribution in [-0.4, -0.2) is 35.6 Å². The minimum atomic E-state index is -0.757. The molecule has 4 atom stereocenters. The summed E-state index contributed by atoms with van der Waals surface area (Å²) in [5, 5.41) is 11.1. The molecule has 1 aliphatic heterocycles. The lowest BCUT2D eigenvalue weighted by Gasteiger charge is -2.42. The summed E-state index contributed by atoms with van der Waals surface area (Å²) in [6, 6.07) is 12.1. The number of hydrogen-bond donors (Lipinski definition) is 1. The van der Waals surface area contributed by atoms with E-state index in [9.17, 15) is 24.3 Å². The molecule has 2 aromatic carbocycles. The van der Waals surface area contributed by atoms with Crippen LogP contribution in [-0.2, 0) is 19.2 Å². The summed E-state index contributed by atoms with van der Waals surface area (Å²) < 4.78 is 5.48. The quantitative estimate of drug-likeness (QED) is 0.307. The maximum Gasteiger partial charge on any atom is 0.238 e. The van der Waals surface area contributed by atoms with Crippen molar-refractivity contribution in [1.82, 2.24) is 0 Å². The number of aromatic hydroxyl groups is 1. The number of ketones is 2. The zero-order valence-corrected chi connectivity index (χ0v) is 22.6. The zero-order valence-electron chi connectivity index (χ0n) is 21.0. The molecule has 8 heteroatoms. The lowest BCUT2D eigenvalue weighted by molar-refractivity contribution is -0.123. The number of imide groups is 1. The summed E-state index contributed by atoms with van der Waals surface area (Å²) in [6.45, 7) is 3.75. The number of nitrogens with zero attached hydrogens (tertiary/aromatic N) is 1. The fraction of sp³-hybridized carbons (Fsp3) is 0.226. The zero-order chi connectivity index (χ0) is 27.6. The number of carbonyl (C=O) groups is 4. The van der Waals surface area contributed by atoms with E-state index < -0.39 is 23.7 Å². The SMILES string of the molecule is C=Cc1ccc(N2C(=O)C3CC=C4C(c5cccc(OC)c5O)C5=C(CC4C3C2=O)C(=O)C(Br)=CC5=O)cc1. The third kappa shape index (κ3) is 3.69. The molecule has 2 aromatic rings. The summed E-state index contributed by atoms with van der Waals surface area (Å²) in [6.07, 6.45) is 5.33. The van der Waals surface area contributed by atoms with Crippen molar-refractivity contribution in [3.63, 3.8) is 0 Å².